The lowest BCUT2D eigenvalue weighted by Gasteiger charge is -2.12. The van der Waals surface area contributed by atoms with E-state index in [1.807, 2.05) is 60.7 Å². The van der Waals surface area contributed by atoms with E-state index in [0.29, 0.717) is 23.9 Å². The van der Waals surface area contributed by atoms with Crippen LogP contribution in [0, 0.1) is 0 Å². The molecule has 0 aliphatic rings. The number of para-hydroxylation sites is 2. The number of hydrogen-bond donors (Lipinski definition) is 2. The molecule has 0 atom stereocenters. The summed E-state index contributed by atoms with van der Waals surface area (Å²) < 4.78 is 12.1. The highest BCUT2D eigenvalue weighted by Crippen LogP contribution is 2.34. The average Bonchev–Trinajstić information content (AvgIpc) is 3.67. The van der Waals surface area contributed by atoms with E-state index in [2.05, 4.69) is 64.0 Å². The molecule has 7 aromatic rings. The molecule has 42 heavy (non-hydrogen) atoms. The normalized spacial score (nSPS) is 11.2. The third-order valence-corrected chi connectivity index (χ3v) is 7.18. The fraction of sp³-hybridized carbons (Fsp3) is 0.0571. The molecule has 2 heterocycles. The molecule has 0 spiro atoms. The van der Waals surface area contributed by atoms with Crippen molar-refractivity contribution in [2.45, 2.75) is 13.5 Å². The summed E-state index contributed by atoms with van der Waals surface area (Å²) in [6, 6.07) is 36.3. The molecular formula is C35H26N4O3. The van der Waals surface area contributed by atoms with Gasteiger partial charge in [0.05, 0.1) is 23.1 Å². The van der Waals surface area contributed by atoms with Gasteiger partial charge in [-0.3, -0.25) is 9.89 Å². The fourth-order valence-electron chi connectivity index (χ4n) is 5.07. The third kappa shape index (κ3) is 4.99. The highest BCUT2D eigenvalue weighted by atomic mass is 16.5. The van der Waals surface area contributed by atoms with Crippen molar-refractivity contribution in [1.29, 1.82) is 0 Å². The zero-order valence-corrected chi connectivity index (χ0v) is 22.8. The SMILES string of the molecule is CC(=O)Nc1ccccc1OCc1ccc(-c2ccc(-c3[nH]ncc3-c3nc4cc5ccccc5cc4o3)cc2)cc1. The number of aromatic amines is 1. The Morgan fingerprint density at radius 1 is 0.833 bits per heavy atom. The van der Waals surface area contributed by atoms with E-state index >= 15 is 0 Å². The second-order valence-corrected chi connectivity index (χ2v) is 10.1. The van der Waals surface area contributed by atoms with E-state index in [9.17, 15) is 4.79 Å². The summed E-state index contributed by atoms with van der Waals surface area (Å²) in [6.07, 6.45) is 1.75. The number of rotatable bonds is 7. The first-order chi connectivity index (χ1) is 20.6. The zero-order chi connectivity index (χ0) is 28.5. The van der Waals surface area contributed by atoms with Gasteiger partial charge in [0.2, 0.25) is 11.8 Å². The highest BCUT2D eigenvalue weighted by molar-refractivity contribution is 5.95. The van der Waals surface area contributed by atoms with Crippen LogP contribution in [0.5, 0.6) is 5.75 Å². The lowest BCUT2D eigenvalue weighted by atomic mass is 10.0. The Bertz CT molecular complexity index is 1990. The van der Waals surface area contributed by atoms with Gasteiger partial charge in [0, 0.05) is 12.5 Å². The first kappa shape index (κ1) is 25.3. The molecule has 0 unspecified atom stereocenters. The Hall–Kier alpha value is -5.69. The number of oxazole rings is 1. The van der Waals surface area contributed by atoms with Crippen LogP contribution in [0.1, 0.15) is 12.5 Å². The van der Waals surface area contributed by atoms with Gasteiger partial charge in [-0.1, -0.05) is 84.9 Å². The minimum Gasteiger partial charge on any atom is -0.487 e. The summed E-state index contributed by atoms with van der Waals surface area (Å²) in [7, 11) is 0. The number of H-pyrrole nitrogens is 1. The standard InChI is InChI=1S/C35H26N4O3/c1-22(40)37-30-8-4-5-9-32(30)41-21-23-10-12-24(13-11-23)25-14-16-26(17-15-25)34-29(20-36-39-34)35-38-31-18-27-6-2-3-7-28(27)19-33(31)42-35/h2-20H,21H2,1H3,(H,36,39)(H,37,40). The molecule has 0 fully saturated rings. The van der Waals surface area contributed by atoms with Gasteiger partial charge in [-0.25, -0.2) is 4.98 Å². The first-order valence-corrected chi connectivity index (χ1v) is 13.6. The Morgan fingerprint density at radius 2 is 1.50 bits per heavy atom. The van der Waals surface area contributed by atoms with Crippen molar-refractivity contribution < 1.29 is 13.9 Å². The number of carbonyl (C=O) groups excluding carboxylic acids is 1. The molecule has 0 aliphatic carbocycles. The van der Waals surface area contributed by atoms with Crippen LogP contribution in [0.25, 0.3) is 55.7 Å². The minimum atomic E-state index is -0.134. The Labute approximate surface area is 241 Å². The van der Waals surface area contributed by atoms with Crippen molar-refractivity contribution in [3.8, 4) is 39.6 Å². The minimum absolute atomic E-state index is 0.134. The Kier molecular flexibility index (Phi) is 6.45. The molecule has 1 amide bonds. The molecule has 7 rings (SSSR count). The number of nitrogens with one attached hydrogen (secondary N) is 2. The largest absolute Gasteiger partial charge is 0.487 e. The van der Waals surface area contributed by atoms with Crippen molar-refractivity contribution in [2.75, 3.05) is 5.32 Å². The number of anilines is 1. The van der Waals surface area contributed by atoms with Gasteiger partial charge in [0.1, 0.15) is 17.9 Å². The molecular weight excluding hydrogens is 524 g/mol. The van der Waals surface area contributed by atoms with E-state index in [4.69, 9.17) is 14.1 Å². The van der Waals surface area contributed by atoms with E-state index in [1.54, 1.807) is 6.20 Å². The van der Waals surface area contributed by atoms with Gasteiger partial charge in [-0.05, 0) is 51.7 Å². The summed E-state index contributed by atoms with van der Waals surface area (Å²) >= 11 is 0. The van der Waals surface area contributed by atoms with Gasteiger partial charge in [-0.2, -0.15) is 5.10 Å². The molecule has 7 heteroatoms. The first-order valence-electron chi connectivity index (χ1n) is 13.6. The maximum Gasteiger partial charge on any atom is 0.231 e. The average molecular weight is 551 g/mol. The van der Waals surface area contributed by atoms with Crippen LogP contribution in [0.15, 0.2) is 120 Å². The summed E-state index contributed by atoms with van der Waals surface area (Å²) in [5.74, 6) is 1.03. The van der Waals surface area contributed by atoms with Crippen molar-refractivity contribution >= 4 is 33.5 Å². The molecule has 0 aliphatic heterocycles. The molecule has 7 nitrogen and oxygen atoms in total. The van der Waals surface area contributed by atoms with Gasteiger partial charge < -0.3 is 14.5 Å². The molecule has 0 saturated heterocycles. The topological polar surface area (TPSA) is 93.0 Å². The van der Waals surface area contributed by atoms with E-state index in [0.717, 1.165) is 55.4 Å². The molecule has 2 N–H and O–H groups in total. The molecule has 0 bridgehead atoms. The number of ether oxygens (including phenoxy) is 1. The lowest BCUT2D eigenvalue weighted by molar-refractivity contribution is -0.114. The van der Waals surface area contributed by atoms with Crippen LogP contribution in [0.3, 0.4) is 0 Å². The van der Waals surface area contributed by atoms with Crippen LogP contribution < -0.4 is 10.1 Å². The monoisotopic (exact) mass is 550 g/mol. The van der Waals surface area contributed by atoms with Crippen molar-refractivity contribution in [3.63, 3.8) is 0 Å². The number of aromatic nitrogens is 3. The second kappa shape index (κ2) is 10.7. The summed E-state index contributed by atoms with van der Waals surface area (Å²) in [5.41, 5.74) is 8.09. The van der Waals surface area contributed by atoms with Gasteiger partial charge in [0.25, 0.3) is 0 Å². The van der Waals surface area contributed by atoms with Crippen molar-refractivity contribution in [1.82, 2.24) is 15.2 Å². The maximum absolute atomic E-state index is 11.5. The summed E-state index contributed by atoms with van der Waals surface area (Å²) in [6.45, 7) is 1.87. The Balaban J connectivity index is 1.08. The molecule has 0 saturated carbocycles. The number of nitrogens with zero attached hydrogens (tertiary/aromatic N) is 2. The number of benzene rings is 5. The van der Waals surface area contributed by atoms with E-state index in [-0.39, 0.29) is 5.91 Å². The molecule has 204 valence electrons. The second-order valence-electron chi connectivity index (χ2n) is 10.1. The van der Waals surface area contributed by atoms with Crippen molar-refractivity contribution in [3.05, 3.63) is 121 Å². The smallest absolute Gasteiger partial charge is 0.231 e. The van der Waals surface area contributed by atoms with Gasteiger partial charge in [0.15, 0.2) is 5.58 Å². The summed E-state index contributed by atoms with van der Waals surface area (Å²) in [5, 5.41) is 12.5. The summed E-state index contributed by atoms with van der Waals surface area (Å²) in [4.78, 5) is 16.2. The third-order valence-electron chi connectivity index (χ3n) is 7.18. The quantitative estimate of drug-likeness (QED) is 0.208. The van der Waals surface area contributed by atoms with Gasteiger partial charge in [-0.15, -0.1) is 0 Å². The lowest BCUT2D eigenvalue weighted by Crippen LogP contribution is -2.07. The van der Waals surface area contributed by atoms with Crippen LogP contribution in [0.4, 0.5) is 5.69 Å². The number of amides is 1. The van der Waals surface area contributed by atoms with Crippen LogP contribution in [0.2, 0.25) is 0 Å². The molecule has 5 aromatic carbocycles. The molecule has 0 radical (unpaired) electrons. The van der Waals surface area contributed by atoms with Crippen LogP contribution in [-0.2, 0) is 11.4 Å². The van der Waals surface area contributed by atoms with E-state index in [1.165, 1.54) is 6.92 Å². The number of hydrogen-bond acceptors (Lipinski definition) is 5. The Morgan fingerprint density at radius 3 is 2.26 bits per heavy atom. The zero-order valence-electron chi connectivity index (χ0n) is 22.8. The van der Waals surface area contributed by atoms with Crippen LogP contribution >= 0.6 is 0 Å². The molecule has 2 aromatic heterocycles. The van der Waals surface area contributed by atoms with Crippen molar-refractivity contribution in [2.24, 2.45) is 0 Å². The van der Waals surface area contributed by atoms with E-state index < -0.39 is 0 Å². The maximum atomic E-state index is 11.5. The van der Waals surface area contributed by atoms with Crippen LogP contribution in [-0.4, -0.2) is 21.1 Å². The predicted octanol–water partition coefficient (Wildman–Crippen LogP) is 8.24. The number of fused-ring (bicyclic) bond motifs is 2. The number of carbonyl (C=O) groups is 1. The highest BCUT2D eigenvalue weighted by Gasteiger charge is 2.16. The van der Waals surface area contributed by atoms with Gasteiger partial charge >= 0.3 is 0 Å². The fourth-order valence-corrected chi connectivity index (χ4v) is 5.07. The predicted molar refractivity (Wildman–Crippen MR) is 165 cm³/mol.